The van der Waals surface area contributed by atoms with Crippen LogP contribution in [-0.4, -0.2) is 24.0 Å². The summed E-state index contributed by atoms with van der Waals surface area (Å²) in [5.41, 5.74) is 3.40. The molecule has 1 amide bonds. The number of halogens is 1. The van der Waals surface area contributed by atoms with Gasteiger partial charge in [-0.15, -0.1) is 0 Å². The Morgan fingerprint density at radius 2 is 2.00 bits per heavy atom. The van der Waals surface area contributed by atoms with Crippen LogP contribution in [0.2, 0.25) is 0 Å². The Balaban J connectivity index is 1.71. The van der Waals surface area contributed by atoms with Gasteiger partial charge in [0.2, 0.25) is 0 Å². The summed E-state index contributed by atoms with van der Waals surface area (Å²) in [6, 6.07) is 9.57. The van der Waals surface area contributed by atoms with Crippen LogP contribution >= 0.6 is 15.9 Å². The summed E-state index contributed by atoms with van der Waals surface area (Å²) in [6.45, 7) is 4.15. The summed E-state index contributed by atoms with van der Waals surface area (Å²) in [7, 11) is 0. The lowest BCUT2D eigenvalue weighted by Gasteiger charge is -2.17. The zero-order valence-electron chi connectivity index (χ0n) is 12.5. The van der Waals surface area contributed by atoms with Crippen molar-refractivity contribution in [1.29, 1.82) is 0 Å². The van der Waals surface area contributed by atoms with E-state index in [1.807, 2.05) is 31.2 Å². The van der Waals surface area contributed by atoms with Crippen molar-refractivity contribution in [2.75, 3.05) is 23.3 Å². The van der Waals surface area contributed by atoms with Crippen molar-refractivity contribution in [1.82, 2.24) is 4.98 Å². The summed E-state index contributed by atoms with van der Waals surface area (Å²) in [5, 5.41) is 2.88. The Labute approximate surface area is 138 Å². The van der Waals surface area contributed by atoms with E-state index in [4.69, 9.17) is 0 Å². The molecule has 1 aliphatic rings. The highest BCUT2D eigenvalue weighted by Crippen LogP contribution is 2.24. The van der Waals surface area contributed by atoms with E-state index in [2.05, 4.69) is 31.1 Å². The number of hydrogen-bond donors (Lipinski definition) is 1. The van der Waals surface area contributed by atoms with Gasteiger partial charge in [0.05, 0.1) is 17.6 Å². The zero-order valence-corrected chi connectivity index (χ0v) is 14.1. The molecule has 0 unspecified atom stereocenters. The molecule has 1 aliphatic heterocycles. The van der Waals surface area contributed by atoms with E-state index >= 15 is 0 Å². The van der Waals surface area contributed by atoms with Gasteiger partial charge in [-0.1, -0.05) is 6.07 Å². The number of amides is 1. The number of anilines is 2. The molecule has 0 aliphatic carbocycles. The Hall–Kier alpha value is -1.88. The molecule has 2 heterocycles. The first-order valence-corrected chi connectivity index (χ1v) is 8.21. The molecule has 1 saturated heterocycles. The number of rotatable bonds is 3. The molecule has 1 N–H and O–H groups in total. The summed E-state index contributed by atoms with van der Waals surface area (Å²) in [4.78, 5) is 18.9. The molecule has 1 aromatic heterocycles. The first-order chi connectivity index (χ1) is 10.6. The van der Waals surface area contributed by atoms with E-state index in [9.17, 15) is 4.79 Å². The average molecular weight is 360 g/mol. The lowest BCUT2D eigenvalue weighted by Crippen LogP contribution is -2.19. The number of nitrogens with one attached hydrogen (secondary N) is 1. The van der Waals surface area contributed by atoms with Crippen LogP contribution in [0, 0.1) is 6.92 Å². The van der Waals surface area contributed by atoms with E-state index < -0.39 is 0 Å². The Morgan fingerprint density at radius 1 is 1.23 bits per heavy atom. The minimum Gasteiger partial charge on any atom is -0.370 e. The molecule has 0 radical (unpaired) electrons. The molecule has 4 nitrogen and oxygen atoms in total. The lowest BCUT2D eigenvalue weighted by atomic mass is 10.2. The Kier molecular flexibility index (Phi) is 4.43. The molecule has 0 saturated carbocycles. The van der Waals surface area contributed by atoms with E-state index in [0.29, 0.717) is 5.69 Å². The minimum absolute atomic E-state index is 0.197. The largest absolute Gasteiger partial charge is 0.370 e. The van der Waals surface area contributed by atoms with Gasteiger partial charge in [-0.2, -0.15) is 0 Å². The topological polar surface area (TPSA) is 45.2 Å². The Morgan fingerprint density at radius 3 is 2.64 bits per heavy atom. The molecule has 5 heteroatoms. The number of aromatic nitrogens is 1. The first-order valence-electron chi connectivity index (χ1n) is 7.42. The third-order valence-electron chi connectivity index (χ3n) is 3.82. The third-order valence-corrected chi connectivity index (χ3v) is 4.48. The average Bonchev–Trinajstić information content (AvgIpc) is 3.04. The van der Waals surface area contributed by atoms with E-state index in [-0.39, 0.29) is 5.91 Å². The van der Waals surface area contributed by atoms with Gasteiger partial charge in [0.15, 0.2) is 0 Å². The highest BCUT2D eigenvalue weighted by atomic mass is 79.9. The van der Waals surface area contributed by atoms with Crippen molar-refractivity contribution in [3.8, 4) is 0 Å². The smallest absolute Gasteiger partial charge is 0.274 e. The lowest BCUT2D eigenvalue weighted by molar-refractivity contribution is 0.102. The highest BCUT2D eigenvalue weighted by molar-refractivity contribution is 9.10. The summed E-state index contributed by atoms with van der Waals surface area (Å²) < 4.78 is 0.870. The van der Waals surface area contributed by atoms with Gasteiger partial charge in [0, 0.05) is 17.6 Å². The van der Waals surface area contributed by atoms with Crippen LogP contribution in [0.4, 0.5) is 11.4 Å². The van der Waals surface area contributed by atoms with Crippen LogP contribution in [0.3, 0.4) is 0 Å². The molecule has 22 heavy (non-hydrogen) atoms. The minimum atomic E-state index is -0.197. The fraction of sp³-hybridized carbons (Fsp3) is 0.294. The number of aryl methyl sites for hydroxylation is 1. The zero-order chi connectivity index (χ0) is 15.5. The number of nitrogens with zero attached hydrogens (tertiary/aromatic N) is 2. The van der Waals surface area contributed by atoms with Gasteiger partial charge in [0.1, 0.15) is 5.69 Å². The Bertz CT molecular complexity index is 679. The first kappa shape index (κ1) is 15.0. The predicted octanol–water partition coefficient (Wildman–Crippen LogP) is 4.01. The van der Waals surface area contributed by atoms with Crippen LogP contribution in [-0.2, 0) is 0 Å². The maximum atomic E-state index is 12.3. The quantitative estimate of drug-likeness (QED) is 0.900. The van der Waals surface area contributed by atoms with Crippen molar-refractivity contribution in [2.24, 2.45) is 0 Å². The monoisotopic (exact) mass is 359 g/mol. The fourth-order valence-corrected chi connectivity index (χ4v) is 3.18. The van der Waals surface area contributed by atoms with Crippen molar-refractivity contribution >= 4 is 33.2 Å². The standard InChI is InChI=1S/C17H18BrN3O/c1-12-4-6-15(14(18)10-12)20-17(22)16-7-5-13(11-19-16)21-8-2-3-9-21/h4-7,10-11H,2-3,8-9H2,1H3,(H,20,22). The molecule has 3 rings (SSSR count). The number of hydrogen-bond acceptors (Lipinski definition) is 3. The second-order valence-electron chi connectivity index (χ2n) is 5.53. The molecule has 1 aromatic carbocycles. The second kappa shape index (κ2) is 6.48. The summed E-state index contributed by atoms with van der Waals surface area (Å²) >= 11 is 3.46. The van der Waals surface area contributed by atoms with Crippen LogP contribution in [0.5, 0.6) is 0 Å². The number of pyridine rings is 1. The maximum Gasteiger partial charge on any atom is 0.274 e. The highest BCUT2D eigenvalue weighted by Gasteiger charge is 2.14. The van der Waals surface area contributed by atoms with E-state index in [1.165, 1.54) is 12.8 Å². The fourth-order valence-electron chi connectivity index (χ4n) is 2.59. The normalized spacial score (nSPS) is 14.2. The molecule has 0 bridgehead atoms. The van der Waals surface area contributed by atoms with E-state index in [1.54, 1.807) is 12.3 Å². The molecular weight excluding hydrogens is 342 g/mol. The molecule has 0 atom stereocenters. The van der Waals surface area contributed by atoms with Gasteiger partial charge in [-0.25, -0.2) is 4.98 Å². The van der Waals surface area contributed by atoms with Crippen molar-refractivity contribution in [2.45, 2.75) is 19.8 Å². The number of benzene rings is 1. The number of carbonyl (C=O) groups excluding carboxylic acids is 1. The number of carbonyl (C=O) groups is 1. The van der Waals surface area contributed by atoms with Gasteiger partial charge in [-0.3, -0.25) is 4.79 Å². The van der Waals surface area contributed by atoms with Crippen LogP contribution in [0.25, 0.3) is 0 Å². The second-order valence-corrected chi connectivity index (χ2v) is 6.39. The van der Waals surface area contributed by atoms with Gasteiger partial charge in [0.25, 0.3) is 5.91 Å². The summed E-state index contributed by atoms with van der Waals surface area (Å²) in [6.07, 6.45) is 4.23. The van der Waals surface area contributed by atoms with Crippen molar-refractivity contribution in [3.05, 3.63) is 52.3 Å². The molecule has 2 aromatic rings. The van der Waals surface area contributed by atoms with Gasteiger partial charge in [-0.05, 0) is 65.5 Å². The van der Waals surface area contributed by atoms with Gasteiger partial charge < -0.3 is 10.2 Å². The third kappa shape index (κ3) is 3.30. The maximum absolute atomic E-state index is 12.3. The molecular formula is C17H18BrN3O. The van der Waals surface area contributed by atoms with Crippen molar-refractivity contribution in [3.63, 3.8) is 0 Å². The van der Waals surface area contributed by atoms with E-state index in [0.717, 1.165) is 34.5 Å². The van der Waals surface area contributed by atoms with Gasteiger partial charge >= 0.3 is 0 Å². The molecule has 114 valence electrons. The van der Waals surface area contributed by atoms with Crippen LogP contribution in [0.1, 0.15) is 28.9 Å². The predicted molar refractivity (Wildman–Crippen MR) is 92.5 cm³/mol. The molecule has 0 spiro atoms. The summed E-state index contributed by atoms with van der Waals surface area (Å²) in [5.74, 6) is -0.197. The SMILES string of the molecule is Cc1ccc(NC(=O)c2ccc(N3CCCC3)cn2)c(Br)c1. The van der Waals surface area contributed by atoms with Crippen LogP contribution < -0.4 is 10.2 Å². The van der Waals surface area contributed by atoms with Crippen molar-refractivity contribution < 1.29 is 4.79 Å². The molecule has 1 fully saturated rings. The van der Waals surface area contributed by atoms with Crippen LogP contribution in [0.15, 0.2) is 41.0 Å².